The molecule has 0 radical (unpaired) electrons. The Hall–Kier alpha value is -2.71. The van der Waals surface area contributed by atoms with Crippen molar-refractivity contribution in [3.8, 4) is 0 Å². The van der Waals surface area contributed by atoms with Crippen LogP contribution in [0.2, 0.25) is 0 Å². The van der Waals surface area contributed by atoms with E-state index in [9.17, 15) is 19.7 Å². The molecule has 1 rings (SSSR count). The number of primary amides is 1. The summed E-state index contributed by atoms with van der Waals surface area (Å²) in [6.45, 7) is 3.17. The number of aromatic nitrogens is 1. The number of hydrogen-bond acceptors (Lipinski definition) is 6. The highest BCUT2D eigenvalue weighted by atomic mass is 16.6. The lowest BCUT2D eigenvalue weighted by Gasteiger charge is -2.20. The van der Waals surface area contributed by atoms with Gasteiger partial charge in [0.05, 0.1) is 15.9 Å². The first-order valence-corrected chi connectivity index (χ1v) is 6.09. The molecule has 0 aliphatic rings. The van der Waals surface area contributed by atoms with Gasteiger partial charge in [0.25, 0.3) is 11.6 Å². The molecular weight excluding hydrogens is 278 g/mol. The molecule has 0 spiro atoms. The molecule has 21 heavy (non-hydrogen) atoms. The molecular formula is C12H17N5O4. The first-order chi connectivity index (χ1) is 9.69. The Kier molecular flexibility index (Phi) is 4.79. The van der Waals surface area contributed by atoms with Gasteiger partial charge in [0.15, 0.2) is 0 Å². The summed E-state index contributed by atoms with van der Waals surface area (Å²) in [7, 11) is 1.54. The van der Waals surface area contributed by atoms with Crippen molar-refractivity contribution in [3.05, 3.63) is 27.9 Å². The van der Waals surface area contributed by atoms with E-state index in [0.29, 0.717) is 0 Å². The predicted octanol–water partition coefficient (Wildman–Crippen LogP) is 0.273. The third-order valence-electron chi connectivity index (χ3n) is 2.92. The molecule has 0 aliphatic carbocycles. The molecule has 0 saturated carbocycles. The van der Waals surface area contributed by atoms with E-state index in [1.165, 1.54) is 7.05 Å². The Morgan fingerprint density at radius 2 is 2.10 bits per heavy atom. The summed E-state index contributed by atoms with van der Waals surface area (Å²) in [5, 5.41) is 15.9. The standard InChI is InChI=1S/C12H17N5O4/c1-12(2,11(13)19)6-16-10(18)8-4-7(17(20)21)5-15-9(8)14-3/h4-5H,6H2,1-3H3,(H2,13,19)(H,14,15)(H,16,18). The van der Waals surface area contributed by atoms with E-state index in [2.05, 4.69) is 15.6 Å². The lowest BCUT2D eigenvalue weighted by molar-refractivity contribution is -0.385. The maximum Gasteiger partial charge on any atom is 0.288 e. The molecule has 9 heteroatoms. The smallest absolute Gasteiger partial charge is 0.288 e. The summed E-state index contributed by atoms with van der Waals surface area (Å²) >= 11 is 0. The molecule has 1 aromatic rings. The topological polar surface area (TPSA) is 140 Å². The van der Waals surface area contributed by atoms with E-state index < -0.39 is 22.2 Å². The number of hydrogen-bond donors (Lipinski definition) is 3. The van der Waals surface area contributed by atoms with Crippen LogP contribution in [0.5, 0.6) is 0 Å². The fraction of sp³-hybridized carbons (Fsp3) is 0.417. The number of nitro groups is 1. The number of carbonyl (C=O) groups excluding carboxylic acids is 2. The first kappa shape index (κ1) is 16.3. The quantitative estimate of drug-likeness (QED) is 0.508. The van der Waals surface area contributed by atoms with Gasteiger partial charge < -0.3 is 16.4 Å². The summed E-state index contributed by atoms with van der Waals surface area (Å²) in [4.78, 5) is 37.2. The number of amides is 2. The molecule has 114 valence electrons. The van der Waals surface area contributed by atoms with E-state index in [4.69, 9.17) is 5.73 Å². The van der Waals surface area contributed by atoms with E-state index in [-0.39, 0.29) is 23.6 Å². The third kappa shape index (κ3) is 3.88. The Balaban J connectivity index is 2.98. The van der Waals surface area contributed by atoms with Gasteiger partial charge in [-0.15, -0.1) is 0 Å². The van der Waals surface area contributed by atoms with Crippen LogP contribution in [0.4, 0.5) is 11.5 Å². The van der Waals surface area contributed by atoms with Gasteiger partial charge in [-0.1, -0.05) is 0 Å². The molecule has 2 amide bonds. The van der Waals surface area contributed by atoms with Crippen molar-refractivity contribution in [2.24, 2.45) is 11.1 Å². The number of carbonyl (C=O) groups is 2. The highest BCUT2D eigenvalue weighted by Gasteiger charge is 2.26. The van der Waals surface area contributed by atoms with Crippen molar-refractivity contribution in [3.63, 3.8) is 0 Å². The fourth-order valence-corrected chi connectivity index (χ4v) is 1.41. The molecule has 0 saturated heterocycles. The van der Waals surface area contributed by atoms with Crippen LogP contribution in [0.15, 0.2) is 12.3 Å². The van der Waals surface area contributed by atoms with Gasteiger partial charge in [-0.05, 0) is 13.8 Å². The lowest BCUT2D eigenvalue weighted by Crippen LogP contribution is -2.42. The summed E-state index contributed by atoms with van der Waals surface area (Å²) in [5.74, 6) is -0.936. The molecule has 1 aromatic heterocycles. The van der Waals surface area contributed by atoms with Crippen LogP contribution in [0.3, 0.4) is 0 Å². The molecule has 0 aliphatic heterocycles. The normalized spacial score (nSPS) is 10.8. The molecule has 0 aromatic carbocycles. The summed E-state index contributed by atoms with van der Waals surface area (Å²) in [6.07, 6.45) is 1.05. The van der Waals surface area contributed by atoms with Gasteiger partial charge in [-0.3, -0.25) is 19.7 Å². The molecule has 1 heterocycles. The van der Waals surface area contributed by atoms with Crippen LogP contribution < -0.4 is 16.4 Å². The Morgan fingerprint density at radius 1 is 1.48 bits per heavy atom. The summed E-state index contributed by atoms with van der Waals surface area (Å²) in [5.41, 5.74) is 4.01. The number of pyridine rings is 1. The zero-order valence-corrected chi connectivity index (χ0v) is 12.0. The van der Waals surface area contributed by atoms with E-state index in [0.717, 1.165) is 12.3 Å². The molecule has 0 unspecified atom stereocenters. The largest absolute Gasteiger partial charge is 0.372 e. The van der Waals surface area contributed by atoms with Crippen LogP contribution in [0.25, 0.3) is 0 Å². The second-order valence-electron chi connectivity index (χ2n) is 5.03. The van der Waals surface area contributed by atoms with Crippen molar-refractivity contribution in [2.75, 3.05) is 18.9 Å². The molecule has 0 atom stereocenters. The number of nitrogens with one attached hydrogen (secondary N) is 2. The van der Waals surface area contributed by atoms with Gasteiger partial charge in [-0.25, -0.2) is 4.98 Å². The highest BCUT2D eigenvalue weighted by molar-refractivity contribution is 5.99. The second-order valence-corrected chi connectivity index (χ2v) is 5.03. The lowest BCUT2D eigenvalue weighted by atomic mass is 9.92. The highest BCUT2D eigenvalue weighted by Crippen LogP contribution is 2.19. The average Bonchev–Trinajstić information content (AvgIpc) is 2.43. The van der Waals surface area contributed by atoms with Gasteiger partial charge in [0, 0.05) is 19.7 Å². The average molecular weight is 295 g/mol. The fourth-order valence-electron chi connectivity index (χ4n) is 1.41. The number of nitrogens with zero attached hydrogens (tertiary/aromatic N) is 2. The van der Waals surface area contributed by atoms with E-state index in [1.54, 1.807) is 13.8 Å². The minimum absolute atomic E-state index is 0.00696. The second kappa shape index (κ2) is 6.16. The minimum Gasteiger partial charge on any atom is -0.372 e. The molecule has 4 N–H and O–H groups in total. The Morgan fingerprint density at radius 3 is 2.57 bits per heavy atom. The first-order valence-electron chi connectivity index (χ1n) is 6.09. The zero-order valence-electron chi connectivity index (χ0n) is 12.0. The van der Waals surface area contributed by atoms with Crippen LogP contribution in [0, 0.1) is 15.5 Å². The SMILES string of the molecule is CNc1ncc([N+](=O)[O-])cc1C(=O)NCC(C)(C)C(N)=O. The van der Waals surface area contributed by atoms with Gasteiger partial charge in [-0.2, -0.15) is 0 Å². The number of nitrogens with two attached hydrogens (primary N) is 1. The molecule has 0 bridgehead atoms. The van der Waals surface area contributed by atoms with E-state index >= 15 is 0 Å². The van der Waals surface area contributed by atoms with Crippen LogP contribution in [-0.2, 0) is 4.79 Å². The van der Waals surface area contributed by atoms with Crippen LogP contribution in [0.1, 0.15) is 24.2 Å². The Labute approximate surface area is 121 Å². The van der Waals surface area contributed by atoms with Crippen molar-refractivity contribution < 1.29 is 14.5 Å². The molecule has 9 nitrogen and oxygen atoms in total. The summed E-state index contributed by atoms with van der Waals surface area (Å²) in [6, 6.07) is 1.12. The van der Waals surface area contributed by atoms with Gasteiger partial charge >= 0.3 is 0 Å². The van der Waals surface area contributed by atoms with Crippen molar-refractivity contribution in [1.29, 1.82) is 0 Å². The maximum absolute atomic E-state index is 12.1. The van der Waals surface area contributed by atoms with Gasteiger partial charge in [0.1, 0.15) is 12.0 Å². The van der Waals surface area contributed by atoms with Crippen molar-refractivity contribution in [1.82, 2.24) is 10.3 Å². The maximum atomic E-state index is 12.1. The monoisotopic (exact) mass is 295 g/mol. The van der Waals surface area contributed by atoms with Crippen molar-refractivity contribution >= 4 is 23.3 Å². The third-order valence-corrected chi connectivity index (χ3v) is 2.92. The van der Waals surface area contributed by atoms with E-state index in [1.807, 2.05) is 0 Å². The zero-order chi connectivity index (χ0) is 16.2. The Bertz CT molecular complexity index is 585. The van der Waals surface area contributed by atoms with Crippen molar-refractivity contribution in [2.45, 2.75) is 13.8 Å². The minimum atomic E-state index is -0.927. The summed E-state index contributed by atoms with van der Waals surface area (Å²) < 4.78 is 0. The van der Waals surface area contributed by atoms with Crippen LogP contribution >= 0.6 is 0 Å². The number of anilines is 1. The van der Waals surface area contributed by atoms with Gasteiger partial charge in [0.2, 0.25) is 5.91 Å². The van der Waals surface area contributed by atoms with Crippen LogP contribution in [-0.4, -0.2) is 35.3 Å². The predicted molar refractivity (Wildman–Crippen MR) is 75.7 cm³/mol. The molecule has 0 fully saturated rings. The number of rotatable bonds is 6.